The Morgan fingerprint density at radius 1 is 1.53 bits per heavy atom. The molecule has 1 saturated heterocycles. The number of rotatable bonds is 3. The quantitative estimate of drug-likeness (QED) is 0.922. The Kier molecular flexibility index (Phi) is 3.44. The van der Waals surface area contributed by atoms with E-state index in [-0.39, 0.29) is 0 Å². The van der Waals surface area contributed by atoms with E-state index in [1.165, 1.54) is 17.8 Å². The van der Waals surface area contributed by atoms with Crippen LogP contribution in [0.25, 0.3) is 0 Å². The van der Waals surface area contributed by atoms with Crippen molar-refractivity contribution in [3.63, 3.8) is 0 Å². The molecule has 1 aromatic heterocycles. The van der Waals surface area contributed by atoms with Crippen molar-refractivity contribution in [1.82, 2.24) is 15.2 Å². The fourth-order valence-electron chi connectivity index (χ4n) is 3.31. The molecule has 19 heavy (non-hydrogen) atoms. The zero-order valence-electron chi connectivity index (χ0n) is 12.4. The van der Waals surface area contributed by atoms with Gasteiger partial charge in [-0.3, -0.25) is 4.90 Å². The molecular formula is C15H25N3S. The van der Waals surface area contributed by atoms with Gasteiger partial charge in [0, 0.05) is 35.7 Å². The van der Waals surface area contributed by atoms with Crippen molar-refractivity contribution in [2.75, 3.05) is 13.1 Å². The van der Waals surface area contributed by atoms with Crippen LogP contribution in [0.2, 0.25) is 0 Å². The van der Waals surface area contributed by atoms with E-state index in [9.17, 15) is 0 Å². The van der Waals surface area contributed by atoms with E-state index in [1.54, 1.807) is 11.3 Å². The monoisotopic (exact) mass is 279 g/mol. The minimum atomic E-state index is 0.313. The van der Waals surface area contributed by atoms with E-state index in [1.807, 2.05) is 0 Å². The molecule has 2 heterocycles. The number of thiazole rings is 1. The third-order valence-electron chi connectivity index (χ3n) is 4.85. The number of hydrogen-bond acceptors (Lipinski definition) is 4. The first kappa shape index (κ1) is 13.5. The summed E-state index contributed by atoms with van der Waals surface area (Å²) in [5.41, 5.74) is 1.46. The summed E-state index contributed by atoms with van der Waals surface area (Å²) < 4.78 is 0. The van der Waals surface area contributed by atoms with Gasteiger partial charge in [-0.2, -0.15) is 0 Å². The molecule has 0 radical (unpaired) electrons. The summed E-state index contributed by atoms with van der Waals surface area (Å²) in [5, 5.41) is 7.22. The lowest BCUT2D eigenvalue weighted by molar-refractivity contribution is 0.0515. The number of aromatic nitrogens is 1. The SMILES string of the molecule is Cc1csc(C(C)N2CC(C)(C3CC3)NCC2C)n1. The van der Waals surface area contributed by atoms with Gasteiger partial charge in [-0.15, -0.1) is 11.3 Å². The zero-order valence-corrected chi connectivity index (χ0v) is 13.3. The normalized spacial score (nSPS) is 34.4. The second-order valence-corrected chi connectivity index (χ2v) is 7.49. The van der Waals surface area contributed by atoms with E-state index in [0.717, 1.165) is 24.7 Å². The average molecular weight is 279 g/mol. The second-order valence-electron chi connectivity index (χ2n) is 6.60. The van der Waals surface area contributed by atoms with Gasteiger partial charge in [-0.1, -0.05) is 0 Å². The summed E-state index contributed by atoms with van der Waals surface area (Å²) in [4.78, 5) is 7.33. The largest absolute Gasteiger partial charge is 0.308 e. The molecular weight excluding hydrogens is 254 g/mol. The maximum Gasteiger partial charge on any atom is 0.110 e. The van der Waals surface area contributed by atoms with E-state index in [4.69, 9.17) is 0 Å². The molecule has 2 fully saturated rings. The highest BCUT2D eigenvalue weighted by atomic mass is 32.1. The van der Waals surface area contributed by atoms with Crippen LogP contribution in [-0.4, -0.2) is 34.6 Å². The van der Waals surface area contributed by atoms with Crippen LogP contribution in [0.5, 0.6) is 0 Å². The van der Waals surface area contributed by atoms with Crippen LogP contribution in [0.4, 0.5) is 0 Å². The maximum absolute atomic E-state index is 4.68. The first-order valence-electron chi connectivity index (χ1n) is 7.42. The topological polar surface area (TPSA) is 28.2 Å². The molecule has 1 aliphatic carbocycles. The highest BCUT2D eigenvalue weighted by molar-refractivity contribution is 7.09. The van der Waals surface area contributed by atoms with Crippen molar-refractivity contribution in [2.24, 2.45) is 5.92 Å². The number of piperazine rings is 1. The predicted octanol–water partition coefficient (Wildman–Crippen LogP) is 2.97. The molecule has 1 aliphatic heterocycles. The van der Waals surface area contributed by atoms with Gasteiger partial charge in [0.05, 0.1) is 6.04 Å². The van der Waals surface area contributed by atoms with Gasteiger partial charge in [0.1, 0.15) is 5.01 Å². The van der Waals surface area contributed by atoms with Crippen LogP contribution in [0.3, 0.4) is 0 Å². The van der Waals surface area contributed by atoms with Gasteiger partial charge in [0.2, 0.25) is 0 Å². The Labute approximate surface area is 120 Å². The lowest BCUT2D eigenvalue weighted by Crippen LogP contribution is -2.63. The van der Waals surface area contributed by atoms with Crippen LogP contribution >= 0.6 is 11.3 Å². The van der Waals surface area contributed by atoms with Crippen LogP contribution < -0.4 is 5.32 Å². The molecule has 1 saturated carbocycles. The Bertz CT molecular complexity index is 454. The lowest BCUT2D eigenvalue weighted by Gasteiger charge is -2.47. The van der Waals surface area contributed by atoms with Crippen molar-refractivity contribution in [3.05, 3.63) is 16.1 Å². The Balaban J connectivity index is 1.77. The maximum atomic E-state index is 4.68. The Hall–Kier alpha value is -0.450. The van der Waals surface area contributed by atoms with Crippen LogP contribution in [-0.2, 0) is 0 Å². The van der Waals surface area contributed by atoms with E-state index in [0.29, 0.717) is 17.6 Å². The molecule has 0 amide bonds. The standard InChI is InChI=1S/C15H25N3S/c1-10-8-19-14(17-10)12(3)18-9-15(4,13-5-6-13)16-7-11(18)2/h8,11-13,16H,5-7,9H2,1-4H3. The Morgan fingerprint density at radius 3 is 2.84 bits per heavy atom. The molecule has 3 unspecified atom stereocenters. The first-order valence-corrected chi connectivity index (χ1v) is 8.30. The molecule has 0 aromatic carbocycles. The van der Waals surface area contributed by atoms with Crippen molar-refractivity contribution in [2.45, 2.75) is 58.2 Å². The van der Waals surface area contributed by atoms with Gasteiger partial charge in [0.25, 0.3) is 0 Å². The third kappa shape index (κ3) is 2.58. The smallest absolute Gasteiger partial charge is 0.110 e. The highest BCUT2D eigenvalue weighted by Crippen LogP contribution is 2.42. The molecule has 106 valence electrons. The fourth-order valence-corrected chi connectivity index (χ4v) is 4.18. The second kappa shape index (κ2) is 4.83. The Morgan fingerprint density at radius 2 is 2.26 bits per heavy atom. The molecule has 2 aliphatic rings. The molecule has 1 N–H and O–H groups in total. The van der Waals surface area contributed by atoms with Crippen LogP contribution in [0, 0.1) is 12.8 Å². The summed E-state index contributed by atoms with van der Waals surface area (Å²) in [5.74, 6) is 0.882. The molecule has 3 atom stereocenters. The lowest BCUT2D eigenvalue weighted by atomic mass is 9.90. The number of nitrogens with one attached hydrogen (secondary N) is 1. The van der Waals surface area contributed by atoms with Gasteiger partial charge < -0.3 is 5.32 Å². The molecule has 1 aromatic rings. The van der Waals surface area contributed by atoms with Gasteiger partial charge in [0.15, 0.2) is 0 Å². The fraction of sp³-hybridized carbons (Fsp3) is 0.800. The van der Waals surface area contributed by atoms with Crippen LogP contribution in [0.1, 0.15) is 50.4 Å². The molecule has 0 spiro atoms. The van der Waals surface area contributed by atoms with Crippen molar-refractivity contribution in [3.8, 4) is 0 Å². The predicted molar refractivity (Wildman–Crippen MR) is 80.6 cm³/mol. The summed E-state index contributed by atoms with van der Waals surface area (Å²) in [6.45, 7) is 11.4. The minimum absolute atomic E-state index is 0.313. The minimum Gasteiger partial charge on any atom is -0.308 e. The highest BCUT2D eigenvalue weighted by Gasteiger charge is 2.46. The van der Waals surface area contributed by atoms with E-state index < -0.39 is 0 Å². The van der Waals surface area contributed by atoms with Crippen molar-refractivity contribution in [1.29, 1.82) is 0 Å². The number of hydrogen-bond donors (Lipinski definition) is 1. The average Bonchev–Trinajstić information content (AvgIpc) is 3.15. The zero-order chi connectivity index (χ0) is 13.6. The van der Waals surface area contributed by atoms with Gasteiger partial charge >= 0.3 is 0 Å². The van der Waals surface area contributed by atoms with E-state index in [2.05, 4.69) is 48.3 Å². The number of aryl methyl sites for hydroxylation is 1. The van der Waals surface area contributed by atoms with Crippen LogP contribution in [0.15, 0.2) is 5.38 Å². The van der Waals surface area contributed by atoms with Crippen molar-refractivity contribution < 1.29 is 0 Å². The van der Waals surface area contributed by atoms with Gasteiger partial charge in [-0.05, 0) is 46.5 Å². The molecule has 3 rings (SSSR count). The molecule has 0 bridgehead atoms. The molecule has 4 heteroatoms. The summed E-state index contributed by atoms with van der Waals surface area (Å²) in [6, 6.07) is 1.03. The van der Waals surface area contributed by atoms with E-state index >= 15 is 0 Å². The summed E-state index contributed by atoms with van der Waals surface area (Å²) in [6.07, 6.45) is 2.80. The number of nitrogens with zero attached hydrogens (tertiary/aromatic N) is 2. The first-order chi connectivity index (χ1) is 8.99. The third-order valence-corrected chi connectivity index (χ3v) is 5.98. The van der Waals surface area contributed by atoms with Gasteiger partial charge in [-0.25, -0.2) is 4.98 Å². The summed E-state index contributed by atoms with van der Waals surface area (Å²) >= 11 is 1.80. The van der Waals surface area contributed by atoms with Crippen molar-refractivity contribution >= 4 is 11.3 Å². The molecule has 3 nitrogen and oxygen atoms in total. The summed E-state index contributed by atoms with van der Waals surface area (Å²) in [7, 11) is 0.